The molecular weight excluding hydrogens is 346 g/mol. The summed E-state index contributed by atoms with van der Waals surface area (Å²) in [4.78, 5) is 26.8. The molecule has 0 aliphatic carbocycles. The summed E-state index contributed by atoms with van der Waals surface area (Å²) in [6.07, 6.45) is 3.14. The zero-order chi connectivity index (χ0) is 17.8. The number of amides is 1. The molecule has 7 heteroatoms. The number of nitrogens with zero attached hydrogens (tertiary/aromatic N) is 3. The van der Waals surface area contributed by atoms with Crippen LogP contribution >= 0.6 is 11.3 Å². The number of hydrogen-bond acceptors (Lipinski definition) is 6. The predicted molar refractivity (Wildman–Crippen MR) is 104 cm³/mol. The predicted octanol–water partition coefficient (Wildman–Crippen LogP) is 3.80. The van der Waals surface area contributed by atoms with Crippen molar-refractivity contribution in [3.05, 3.63) is 67.1 Å². The van der Waals surface area contributed by atoms with Crippen LogP contribution in [0.5, 0.6) is 0 Å². The molecular formula is C19H15N5OS. The molecule has 0 bridgehead atoms. The summed E-state index contributed by atoms with van der Waals surface area (Å²) >= 11 is 1.60. The fourth-order valence-corrected chi connectivity index (χ4v) is 3.53. The molecule has 0 unspecified atom stereocenters. The molecule has 128 valence electrons. The Morgan fingerprint density at radius 3 is 2.65 bits per heavy atom. The third kappa shape index (κ3) is 3.52. The smallest absolute Gasteiger partial charge is 0.244 e. The van der Waals surface area contributed by atoms with Gasteiger partial charge in [0.2, 0.25) is 5.91 Å². The van der Waals surface area contributed by atoms with Crippen molar-refractivity contribution < 1.29 is 4.79 Å². The van der Waals surface area contributed by atoms with Crippen molar-refractivity contribution in [1.82, 2.24) is 15.0 Å². The Bertz CT molecular complexity index is 1030. The van der Waals surface area contributed by atoms with Gasteiger partial charge in [-0.15, -0.1) is 11.3 Å². The Morgan fingerprint density at radius 2 is 1.85 bits per heavy atom. The zero-order valence-corrected chi connectivity index (χ0v) is 14.5. The van der Waals surface area contributed by atoms with E-state index in [9.17, 15) is 4.79 Å². The number of aromatic nitrogens is 3. The van der Waals surface area contributed by atoms with E-state index >= 15 is 0 Å². The normalized spacial score (nSPS) is 10.6. The van der Waals surface area contributed by atoms with Gasteiger partial charge in [-0.05, 0) is 23.8 Å². The van der Waals surface area contributed by atoms with Gasteiger partial charge in [0.05, 0.1) is 11.9 Å². The molecule has 3 aromatic heterocycles. The minimum atomic E-state index is -0.186. The van der Waals surface area contributed by atoms with Crippen LogP contribution in [0.2, 0.25) is 0 Å². The van der Waals surface area contributed by atoms with E-state index in [1.807, 2.05) is 30.3 Å². The van der Waals surface area contributed by atoms with Gasteiger partial charge < -0.3 is 10.6 Å². The lowest BCUT2D eigenvalue weighted by molar-refractivity contribution is -0.114. The number of carbonyl (C=O) groups is 1. The summed E-state index contributed by atoms with van der Waals surface area (Å²) in [7, 11) is 0. The van der Waals surface area contributed by atoms with Gasteiger partial charge in [-0.3, -0.25) is 4.79 Å². The maximum Gasteiger partial charge on any atom is 0.244 e. The third-order valence-corrected chi connectivity index (χ3v) is 4.83. The first-order valence-corrected chi connectivity index (χ1v) is 8.86. The third-order valence-electron chi connectivity index (χ3n) is 3.74. The van der Waals surface area contributed by atoms with Gasteiger partial charge in [0, 0.05) is 11.1 Å². The second-order valence-corrected chi connectivity index (χ2v) is 6.57. The fourth-order valence-electron chi connectivity index (χ4n) is 2.53. The highest BCUT2D eigenvalue weighted by Crippen LogP contribution is 2.34. The van der Waals surface area contributed by atoms with Crippen molar-refractivity contribution in [2.75, 3.05) is 17.2 Å². The molecule has 0 spiro atoms. The van der Waals surface area contributed by atoms with Crippen LogP contribution in [-0.2, 0) is 4.79 Å². The van der Waals surface area contributed by atoms with E-state index in [-0.39, 0.29) is 12.5 Å². The van der Waals surface area contributed by atoms with E-state index in [2.05, 4.69) is 37.7 Å². The first-order chi connectivity index (χ1) is 12.8. The van der Waals surface area contributed by atoms with Crippen LogP contribution < -0.4 is 10.6 Å². The van der Waals surface area contributed by atoms with Crippen molar-refractivity contribution in [2.45, 2.75) is 0 Å². The molecule has 0 saturated carbocycles. The van der Waals surface area contributed by atoms with Gasteiger partial charge in [-0.2, -0.15) is 0 Å². The molecule has 4 aromatic rings. The van der Waals surface area contributed by atoms with Crippen LogP contribution in [0.4, 0.5) is 11.6 Å². The first kappa shape index (κ1) is 16.2. The van der Waals surface area contributed by atoms with Crippen molar-refractivity contribution in [1.29, 1.82) is 0 Å². The lowest BCUT2D eigenvalue weighted by Gasteiger charge is -2.07. The number of fused-ring (bicyclic) bond motifs is 1. The van der Waals surface area contributed by atoms with Crippen LogP contribution in [0, 0.1) is 0 Å². The molecule has 2 N–H and O–H groups in total. The topological polar surface area (TPSA) is 79.8 Å². The Hall–Kier alpha value is -3.32. The number of nitrogens with one attached hydrogen (secondary N) is 2. The maximum atomic E-state index is 12.1. The van der Waals surface area contributed by atoms with E-state index < -0.39 is 0 Å². The quantitative estimate of drug-likeness (QED) is 0.565. The standard InChI is InChI=1S/C19H15N5OS/c25-17(24-16-8-4-5-9-20-16)11-21-18-14-10-15(13-6-2-1-3-7-13)26-19(14)23-12-22-18/h1-10,12H,11H2,(H,20,24,25)(H,21,22,23). The number of benzene rings is 1. The number of pyridine rings is 1. The summed E-state index contributed by atoms with van der Waals surface area (Å²) in [5.41, 5.74) is 1.13. The molecule has 6 nitrogen and oxygen atoms in total. The molecule has 26 heavy (non-hydrogen) atoms. The SMILES string of the molecule is O=C(CNc1ncnc2sc(-c3ccccc3)cc12)Nc1ccccn1. The summed E-state index contributed by atoms with van der Waals surface area (Å²) in [5.74, 6) is 0.979. The molecule has 1 amide bonds. The molecule has 0 fully saturated rings. The Morgan fingerprint density at radius 1 is 1.00 bits per heavy atom. The van der Waals surface area contributed by atoms with Gasteiger partial charge in [0.15, 0.2) is 0 Å². The first-order valence-electron chi connectivity index (χ1n) is 8.04. The second kappa shape index (κ2) is 7.28. The fraction of sp³-hybridized carbons (Fsp3) is 0.0526. The van der Waals surface area contributed by atoms with Gasteiger partial charge in [0.1, 0.15) is 22.8 Å². The number of anilines is 2. The van der Waals surface area contributed by atoms with Gasteiger partial charge >= 0.3 is 0 Å². The highest BCUT2D eigenvalue weighted by Gasteiger charge is 2.11. The Labute approximate surface area is 154 Å². The monoisotopic (exact) mass is 361 g/mol. The van der Waals surface area contributed by atoms with Gasteiger partial charge in [-0.1, -0.05) is 36.4 Å². The van der Waals surface area contributed by atoms with Gasteiger partial charge in [-0.25, -0.2) is 15.0 Å². The van der Waals surface area contributed by atoms with Gasteiger partial charge in [0.25, 0.3) is 0 Å². The van der Waals surface area contributed by atoms with Crippen molar-refractivity contribution >= 4 is 39.1 Å². The highest BCUT2D eigenvalue weighted by atomic mass is 32.1. The van der Waals surface area contributed by atoms with E-state index in [1.54, 1.807) is 29.7 Å². The molecule has 1 aromatic carbocycles. The molecule has 0 aliphatic rings. The van der Waals surface area contributed by atoms with E-state index in [0.717, 1.165) is 20.7 Å². The number of rotatable bonds is 5. The molecule has 0 atom stereocenters. The van der Waals surface area contributed by atoms with Crippen LogP contribution in [-0.4, -0.2) is 27.4 Å². The maximum absolute atomic E-state index is 12.1. The minimum absolute atomic E-state index is 0.0964. The number of thiophene rings is 1. The highest BCUT2D eigenvalue weighted by molar-refractivity contribution is 7.21. The summed E-state index contributed by atoms with van der Waals surface area (Å²) in [6, 6.07) is 17.5. The van der Waals surface area contributed by atoms with E-state index in [0.29, 0.717) is 11.6 Å². The van der Waals surface area contributed by atoms with Crippen LogP contribution in [0.25, 0.3) is 20.7 Å². The molecule has 4 rings (SSSR count). The summed E-state index contributed by atoms with van der Waals surface area (Å²) in [6.45, 7) is 0.0964. The molecule has 0 saturated heterocycles. The second-order valence-electron chi connectivity index (χ2n) is 5.53. The molecule has 3 heterocycles. The Balaban J connectivity index is 1.51. The van der Waals surface area contributed by atoms with Crippen LogP contribution in [0.15, 0.2) is 67.1 Å². The molecule has 0 aliphatic heterocycles. The summed E-state index contributed by atoms with van der Waals surface area (Å²) < 4.78 is 0. The van der Waals surface area contributed by atoms with Crippen molar-refractivity contribution in [3.8, 4) is 10.4 Å². The zero-order valence-electron chi connectivity index (χ0n) is 13.7. The lowest BCUT2D eigenvalue weighted by Crippen LogP contribution is -2.22. The number of hydrogen-bond donors (Lipinski definition) is 2. The Kier molecular flexibility index (Phi) is 4.53. The largest absolute Gasteiger partial charge is 0.360 e. The minimum Gasteiger partial charge on any atom is -0.360 e. The van der Waals surface area contributed by atoms with E-state index in [1.165, 1.54) is 6.33 Å². The van der Waals surface area contributed by atoms with Crippen molar-refractivity contribution in [3.63, 3.8) is 0 Å². The van der Waals surface area contributed by atoms with Crippen LogP contribution in [0.1, 0.15) is 0 Å². The van der Waals surface area contributed by atoms with E-state index in [4.69, 9.17) is 0 Å². The average Bonchev–Trinajstić information content (AvgIpc) is 3.13. The number of carbonyl (C=O) groups excluding carboxylic acids is 1. The summed E-state index contributed by atoms with van der Waals surface area (Å²) in [5, 5.41) is 6.73. The lowest BCUT2D eigenvalue weighted by atomic mass is 10.2. The van der Waals surface area contributed by atoms with Crippen LogP contribution in [0.3, 0.4) is 0 Å². The molecule has 0 radical (unpaired) electrons. The van der Waals surface area contributed by atoms with Crippen molar-refractivity contribution in [2.24, 2.45) is 0 Å². The average molecular weight is 361 g/mol.